The van der Waals surface area contributed by atoms with Crippen molar-refractivity contribution in [2.75, 3.05) is 0 Å². The zero-order valence-corrected chi connectivity index (χ0v) is 12.2. The Morgan fingerprint density at radius 2 is 1.55 bits per heavy atom. The Bertz CT molecular complexity index is 536. The number of alkyl halides is 2. The van der Waals surface area contributed by atoms with E-state index in [0.29, 0.717) is 12.4 Å². The molecule has 0 N–H and O–H groups in total. The van der Waals surface area contributed by atoms with Crippen molar-refractivity contribution in [3.63, 3.8) is 0 Å². The molecule has 0 radical (unpaired) electrons. The molecule has 2 aromatic carbocycles. The summed E-state index contributed by atoms with van der Waals surface area (Å²) < 4.78 is 11.0. The average molecular weight is 309 g/mol. The van der Waals surface area contributed by atoms with Gasteiger partial charge in [0.1, 0.15) is 22.9 Å². The van der Waals surface area contributed by atoms with E-state index < -0.39 is 4.84 Å². The quantitative estimate of drug-likeness (QED) is 0.554. The third-order valence-corrected chi connectivity index (χ3v) is 2.79. The van der Waals surface area contributed by atoms with Crippen molar-refractivity contribution in [1.29, 1.82) is 0 Å². The first kappa shape index (κ1) is 14.8. The molecule has 20 heavy (non-hydrogen) atoms. The van der Waals surface area contributed by atoms with Crippen molar-refractivity contribution < 1.29 is 9.47 Å². The van der Waals surface area contributed by atoms with Gasteiger partial charge in [0.25, 0.3) is 0 Å². The largest absolute Gasteiger partial charge is 0.489 e. The number of hydrogen-bond acceptors (Lipinski definition) is 2. The molecule has 0 bridgehead atoms. The standard InChI is InChI=1S/C16H14Cl2O2/c17-16(18)10-11-19-14-6-8-15(9-7-14)20-12-13-4-2-1-3-5-13/h1-11,16H,12H2. The van der Waals surface area contributed by atoms with E-state index >= 15 is 0 Å². The zero-order valence-electron chi connectivity index (χ0n) is 10.7. The average Bonchev–Trinajstić information content (AvgIpc) is 2.47. The summed E-state index contributed by atoms with van der Waals surface area (Å²) in [6, 6.07) is 17.4. The molecular weight excluding hydrogens is 295 g/mol. The molecule has 0 heterocycles. The molecule has 104 valence electrons. The first-order valence-corrected chi connectivity index (χ1v) is 6.99. The van der Waals surface area contributed by atoms with E-state index in [0.717, 1.165) is 11.3 Å². The second kappa shape index (κ2) is 7.83. The van der Waals surface area contributed by atoms with Gasteiger partial charge >= 0.3 is 0 Å². The fraction of sp³-hybridized carbons (Fsp3) is 0.125. The number of rotatable bonds is 6. The molecule has 0 unspecified atom stereocenters. The van der Waals surface area contributed by atoms with Gasteiger partial charge < -0.3 is 9.47 Å². The Labute approximate surface area is 128 Å². The third kappa shape index (κ3) is 5.16. The Kier molecular flexibility index (Phi) is 5.78. The normalized spacial score (nSPS) is 10.9. The van der Waals surface area contributed by atoms with Gasteiger partial charge in [-0.3, -0.25) is 0 Å². The summed E-state index contributed by atoms with van der Waals surface area (Å²) in [7, 11) is 0. The van der Waals surface area contributed by atoms with Crippen LogP contribution in [0.4, 0.5) is 0 Å². The van der Waals surface area contributed by atoms with Crippen LogP contribution in [0.5, 0.6) is 11.5 Å². The zero-order chi connectivity index (χ0) is 14.2. The maximum absolute atomic E-state index is 5.67. The van der Waals surface area contributed by atoms with Crippen LogP contribution >= 0.6 is 23.2 Å². The van der Waals surface area contributed by atoms with Gasteiger partial charge in [0.05, 0.1) is 6.26 Å². The lowest BCUT2D eigenvalue weighted by Crippen LogP contribution is -1.94. The maximum atomic E-state index is 5.67. The van der Waals surface area contributed by atoms with Gasteiger partial charge in [0, 0.05) is 0 Å². The first-order chi connectivity index (χ1) is 9.74. The second-order valence-corrected chi connectivity index (χ2v) is 5.19. The van der Waals surface area contributed by atoms with Gasteiger partial charge in [0.15, 0.2) is 0 Å². The molecule has 0 spiro atoms. The maximum Gasteiger partial charge on any atom is 0.129 e. The van der Waals surface area contributed by atoms with Crippen molar-refractivity contribution in [2.24, 2.45) is 0 Å². The molecule has 0 saturated carbocycles. The highest BCUT2D eigenvalue weighted by atomic mass is 35.5. The molecule has 0 aliphatic carbocycles. The number of allylic oxidation sites excluding steroid dienone is 1. The molecule has 0 aliphatic rings. The van der Waals surface area contributed by atoms with Crippen molar-refractivity contribution in [3.8, 4) is 11.5 Å². The van der Waals surface area contributed by atoms with Crippen LogP contribution in [-0.2, 0) is 6.61 Å². The Morgan fingerprint density at radius 1 is 0.900 bits per heavy atom. The van der Waals surface area contributed by atoms with Crippen LogP contribution in [0.15, 0.2) is 66.9 Å². The van der Waals surface area contributed by atoms with E-state index in [2.05, 4.69) is 0 Å². The summed E-state index contributed by atoms with van der Waals surface area (Å²) in [5, 5.41) is 0. The molecule has 2 nitrogen and oxygen atoms in total. The number of halogens is 2. The SMILES string of the molecule is ClC(Cl)C=COc1ccc(OCc2ccccc2)cc1. The molecule has 0 saturated heterocycles. The Balaban J connectivity index is 1.85. The molecule has 4 heteroatoms. The number of ether oxygens (including phenoxy) is 2. The van der Waals surface area contributed by atoms with E-state index in [1.807, 2.05) is 54.6 Å². The molecule has 2 aromatic rings. The minimum absolute atomic E-state index is 0.543. The monoisotopic (exact) mass is 308 g/mol. The van der Waals surface area contributed by atoms with E-state index in [1.54, 1.807) is 6.08 Å². The van der Waals surface area contributed by atoms with Crippen LogP contribution in [0.2, 0.25) is 0 Å². The van der Waals surface area contributed by atoms with Gasteiger partial charge in [-0.15, -0.1) is 23.2 Å². The summed E-state index contributed by atoms with van der Waals surface area (Å²) in [6.45, 7) is 0.543. The van der Waals surface area contributed by atoms with Crippen molar-refractivity contribution in [2.45, 2.75) is 11.4 Å². The molecule has 0 aromatic heterocycles. The molecule has 0 atom stereocenters. The summed E-state index contributed by atoms with van der Waals surface area (Å²) in [5.41, 5.74) is 1.13. The van der Waals surface area contributed by atoms with Crippen molar-refractivity contribution in [1.82, 2.24) is 0 Å². The highest BCUT2D eigenvalue weighted by Crippen LogP contribution is 2.19. The highest BCUT2D eigenvalue weighted by molar-refractivity contribution is 6.45. The van der Waals surface area contributed by atoms with Crippen LogP contribution < -0.4 is 9.47 Å². The van der Waals surface area contributed by atoms with E-state index in [4.69, 9.17) is 32.7 Å². The lowest BCUT2D eigenvalue weighted by molar-refractivity contribution is 0.306. The second-order valence-electron chi connectivity index (χ2n) is 4.03. The minimum atomic E-state index is -0.566. The highest BCUT2D eigenvalue weighted by Gasteiger charge is 1.97. The predicted octanol–water partition coefficient (Wildman–Crippen LogP) is 4.96. The van der Waals surface area contributed by atoms with Crippen LogP contribution in [0, 0.1) is 0 Å². The molecule has 0 amide bonds. The van der Waals surface area contributed by atoms with Gasteiger partial charge in [0.2, 0.25) is 0 Å². The molecular formula is C16H14Cl2O2. The topological polar surface area (TPSA) is 18.5 Å². The van der Waals surface area contributed by atoms with E-state index in [-0.39, 0.29) is 0 Å². The van der Waals surface area contributed by atoms with Gasteiger partial charge in [-0.25, -0.2) is 0 Å². The fourth-order valence-corrected chi connectivity index (χ4v) is 1.65. The molecule has 0 aliphatic heterocycles. The summed E-state index contributed by atoms with van der Waals surface area (Å²) in [5.74, 6) is 1.49. The summed E-state index contributed by atoms with van der Waals surface area (Å²) in [4.78, 5) is -0.566. The van der Waals surface area contributed by atoms with E-state index in [1.165, 1.54) is 6.26 Å². The molecule has 2 rings (SSSR count). The summed E-state index contributed by atoms with van der Waals surface area (Å²) in [6.07, 6.45) is 3.01. The van der Waals surface area contributed by atoms with Crippen molar-refractivity contribution in [3.05, 3.63) is 72.5 Å². The number of hydrogen-bond donors (Lipinski definition) is 0. The Hall–Kier alpha value is -1.64. The van der Waals surface area contributed by atoms with Crippen LogP contribution in [0.3, 0.4) is 0 Å². The van der Waals surface area contributed by atoms with Gasteiger partial charge in [-0.2, -0.15) is 0 Å². The molecule has 0 fully saturated rings. The first-order valence-electron chi connectivity index (χ1n) is 6.12. The van der Waals surface area contributed by atoms with Crippen LogP contribution in [-0.4, -0.2) is 4.84 Å². The Morgan fingerprint density at radius 3 is 2.20 bits per heavy atom. The summed E-state index contributed by atoms with van der Waals surface area (Å²) >= 11 is 11.1. The smallest absolute Gasteiger partial charge is 0.129 e. The van der Waals surface area contributed by atoms with Gasteiger partial charge in [-0.1, -0.05) is 30.3 Å². The number of benzene rings is 2. The fourth-order valence-electron chi connectivity index (χ4n) is 1.53. The van der Waals surface area contributed by atoms with E-state index in [9.17, 15) is 0 Å². The van der Waals surface area contributed by atoms with Crippen molar-refractivity contribution >= 4 is 23.2 Å². The lowest BCUT2D eigenvalue weighted by Gasteiger charge is -2.07. The van der Waals surface area contributed by atoms with Gasteiger partial charge in [-0.05, 0) is 35.9 Å². The van der Waals surface area contributed by atoms with Crippen LogP contribution in [0.1, 0.15) is 5.56 Å². The third-order valence-electron chi connectivity index (χ3n) is 2.50. The lowest BCUT2D eigenvalue weighted by atomic mass is 10.2. The predicted molar refractivity (Wildman–Crippen MR) is 82.5 cm³/mol. The minimum Gasteiger partial charge on any atom is -0.489 e. The van der Waals surface area contributed by atoms with Crippen LogP contribution in [0.25, 0.3) is 0 Å².